The smallest absolute Gasteiger partial charge is 0.203 e. The third-order valence-electron chi connectivity index (χ3n) is 1.68. The molecule has 0 bridgehead atoms. The number of hydrogen-bond acceptors (Lipinski definition) is 4. The maximum atomic E-state index is 5.48. The monoisotopic (exact) mass is 179 g/mol. The highest BCUT2D eigenvalue weighted by molar-refractivity contribution is 7.16. The second-order valence-corrected chi connectivity index (χ2v) is 3.59. The van der Waals surface area contributed by atoms with Crippen LogP contribution >= 0.6 is 11.3 Å². The average molecular weight is 179 g/mol. The van der Waals surface area contributed by atoms with E-state index >= 15 is 0 Å². The third-order valence-corrected chi connectivity index (χ3v) is 2.48. The number of aromatic nitrogens is 2. The molecule has 0 amide bonds. The van der Waals surface area contributed by atoms with E-state index in [0.29, 0.717) is 5.13 Å². The zero-order chi connectivity index (χ0) is 8.39. The lowest BCUT2D eigenvalue weighted by Gasteiger charge is -2.00. The lowest BCUT2D eigenvalue weighted by atomic mass is 10.1. The third kappa shape index (κ3) is 1.38. The second kappa shape index (κ2) is 3.06. The molecule has 0 atom stereocenters. The number of allylic oxidation sites excluding steroid dienone is 4. The van der Waals surface area contributed by atoms with Crippen LogP contribution in [0.1, 0.15) is 17.8 Å². The molecule has 0 aromatic carbocycles. The first-order valence-corrected chi connectivity index (χ1v) is 4.64. The van der Waals surface area contributed by atoms with Crippen molar-refractivity contribution in [1.29, 1.82) is 0 Å². The van der Waals surface area contributed by atoms with Gasteiger partial charge in [-0.25, -0.2) is 0 Å². The summed E-state index contributed by atoms with van der Waals surface area (Å²) in [6, 6.07) is 0. The van der Waals surface area contributed by atoms with Gasteiger partial charge in [0.1, 0.15) is 5.01 Å². The molecular weight excluding hydrogens is 170 g/mol. The van der Waals surface area contributed by atoms with E-state index < -0.39 is 0 Å². The van der Waals surface area contributed by atoms with Crippen molar-refractivity contribution in [1.82, 2.24) is 10.2 Å². The summed E-state index contributed by atoms with van der Waals surface area (Å²) in [5.41, 5.74) is 6.63. The highest BCUT2D eigenvalue weighted by atomic mass is 32.1. The van der Waals surface area contributed by atoms with Crippen LogP contribution in [0.15, 0.2) is 18.2 Å². The molecule has 1 aromatic heterocycles. The Bertz CT molecular complexity index is 338. The Labute approximate surface area is 74.6 Å². The minimum Gasteiger partial charge on any atom is -0.374 e. The van der Waals surface area contributed by atoms with Crippen molar-refractivity contribution in [2.24, 2.45) is 0 Å². The van der Waals surface area contributed by atoms with Crippen LogP contribution in [0.4, 0.5) is 5.13 Å². The van der Waals surface area contributed by atoms with Gasteiger partial charge in [-0.3, -0.25) is 0 Å². The molecule has 1 aliphatic rings. The van der Waals surface area contributed by atoms with Gasteiger partial charge in [-0.05, 0) is 12.8 Å². The van der Waals surface area contributed by atoms with Crippen molar-refractivity contribution < 1.29 is 0 Å². The van der Waals surface area contributed by atoms with E-state index in [2.05, 4.69) is 28.4 Å². The van der Waals surface area contributed by atoms with Crippen LogP contribution in [0.25, 0.3) is 5.57 Å². The van der Waals surface area contributed by atoms with E-state index in [1.54, 1.807) is 0 Å². The fourth-order valence-corrected chi connectivity index (χ4v) is 1.75. The molecule has 0 spiro atoms. The Balaban J connectivity index is 2.30. The lowest BCUT2D eigenvalue weighted by Crippen LogP contribution is -1.84. The van der Waals surface area contributed by atoms with Gasteiger partial charge in [0.2, 0.25) is 5.13 Å². The van der Waals surface area contributed by atoms with Gasteiger partial charge in [-0.1, -0.05) is 29.6 Å². The van der Waals surface area contributed by atoms with E-state index in [1.165, 1.54) is 11.3 Å². The first-order valence-electron chi connectivity index (χ1n) is 3.82. The first kappa shape index (κ1) is 7.49. The zero-order valence-electron chi connectivity index (χ0n) is 6.53. The summed E-state index contributed by atoms with van der Waals surface area (Å²) in [5, 5.41) is 9.18. The maximum Gasteiger partial charge on any atom is 0.203 e. The van der Waals surface area contributed by atoms with Crippen LogP contribution < -0.4 is 5.73 Å². The highest BCUT2D eigenvalue weighted by Crippen LogP contribution is 2.24. The molecule has 4 heteroatoms. The van der Waals surface area contributed by atoms with Crippen LogP contribution in [0.5, 0.6) is 0 Å². The van der Waals surface area contributed by atoms with Crippen molar-refractivity contribution in [3.05, 3.63) is 23.2 Å². The van der Waals surface area contributed by atoms with Gasteiger partial charge >= 0.3 is 0 Å². The van der Waals surface area contributed by atoms with E-state index in [4.69, 9.17) is 5.73 Å². The molecule has 0 saturated heterocycles. The average Bonchev–Trinajstić information content (AvgIpc) is 2.54. The van der Waals surface area contributed by atoms with Gasteiger partial charge in [0.25, 0.3) is 0 Å². The molecule has 2 rings (SSSR count). The van der Waals surface area contributed by atoms with Gasteiger partial charge in [-0.15, -0.1) is 10.2 Å². The number of nitrogens with zero attached hydrogens (tertiary/aromatic N) is 2. The van der Waals surface area contributed by atoms with Gasteiger partial charge < -0.3 is 5.73 Å². The normalized spacial score (nSPS) is 16.2. The maximum absolute atomic E-state index is 5.48. The second-order valence-electron chi connectivity index (χ2n) is 2.58. The summed E-state index contributed by atoms with van der Waals surface area (Å²) in [6.07, 6.45) is 8.60. The van der Waals surface area contributed by atoms with Crippen molar-refractivity contribution >= 4 is 22.0 Å². The lowest BCUT2D eigenvalue weighted by molar-refractivity contribution is 1.03. The minimum absolute atomic E-state index is 0.532. The van der Waals surface area contributed by atoms with Gasteiger partial charge in [0, 0.05) is 5.57 Å². The number of anilines is 1. The van der Waals surface area contributed by atoms with Crippen LogP contribution in [-0.2, 0) is 0 Å². The largest absolute Gasteiger partial charge is 0.374 e. The molecule has 1 aliphatic carbocycles. The highest BCUT2D eigenvalue weighted by Gasteiger charge is 2.05. The Morgan fingerprint density at radius 2 is 2.25 bits per heavy atom. The van der Waals surface area contributed by atoms with Crippen LogP contribution in [0.2, 0.25) is 0 Å². The van der Waals surface area contributed by atoms with Crippen molar-refractivity contribution in [2.75, 3.05) is 5.73 Å². The van der Waals surface area contributed by atoms with Crippen molar-refractivity contribution in [3.8, 4) is 0 Å². The fraction of sp³-hybridized carbons (Fsp3) is 0.250. The van der Waals surface area contributed by atoms with Crippen molar-refractivity contribution in [2.45, 2.75) is 12.8 Å². The molecule has 2 N–H and O–H groups in total. The molecule has 0 radical (unpaired) electrons. The molecular formula is C8H9N3S. The molecule has 12 heavy (non-hydrogen) atoms. The van der Waals surface area contributed by atoms with Crippen molar-refractivity contribution in [3.63, 3.8) is 0 Å². The van der Waals surface area contributed by atoms with E-state index in [1.807, 2.05) is 0 Å². The van der Waals surface area contributed by atoms with Crippen LogP contribution in [-0.4, -0.2) is 10.2 Å². The fourth-order valence-electron chi connectivity index (χ4n) is 1.12. The summed E-state index contributed by atoms with van der Waals surface area (Å²) in [5.74, 6) is 0. The van der Waals surface area contributed by atoms with E-state index in [0.717, 1.165) is 23.4 Å². The van der Waals surface area contributed by atoms with Crippen LogP contribution in [0, 0.1) is 0 Å². The molecule has 0 fully saturated rings. The number of nitrogen functional groups attached to an aromatic ring is 1. The quantitative estimate of drug-likeness (QED) is 0.715. The number of rotatable bonds is 1. The minimum atomic E-state index is 0.532. The Morgan fingerprint density at radius 3 is 2.83 bits per heavy atom. The summed E-state index contributed by atoms with van der Waals surface area (Å²) in [7, 11) is 0. The zero-order valence-corrected chi connectivity index (χ0v) is 7.34. The van der Waals surface area contributed by atoms with E-state index in [9.17, 15) is 0 Å². The molecule has 1 aromatic rings. The molecule has 3 nitrogen and oxygen atoms in total. The Hall–Kier alpha value is -1.16. The van der Waals surface area contributed by atoms with Gasteiger partial charge in [0.05, 0.1) is 0 Å². The molecule has 1 heterocycles. The standard InChI is InChI=1S/C8H9N3S/c9-8-11-10-7(12-8)6-4-2-1-3-5-6/h2,4-5H,1,3H2,(H2,9,11). The van der Waals surface area contributed by atoms with Gasteiger partial charge in [0.15, 0.2) is 0 Å². The topological polar surface area (TPSA) is 51.8 Å². The molecule has 0 saturated carbocycles. The summed E-state index contributed by atoms with van der Waals surface area (Å²) >= 11 is 1.43. The summed E-state index contributed by atoms with van der Waals surface area (Å²) < 4.78 is 0. The molecule has 0 aliphatic heterocycles. The Kier molecular flexibility index (Phi) is 1.91. The molecule has 0 unspecified atom stereocenters. The van der Waals surface area contributed by atoms with E-state index in [-0.39, 0.29) is 0 Å². The first-order chi connectivity index (χ1) is 5.86. The predicted molar refractivity (Wildman–Crippen MR) is 50.7 cm³/mol. The molecule has 62 valence electrons. The SMILES string of the molecule is Nc1nnc(C2=CCCC=C2)s1. The van der Waals surface area contributed by atoms with Crippen LogP contribution in [0.3, 0.4) is 0 Å². The Morgan fingerprint density at radius 1 is 1.33 bits per heavy atom. The van der Waals surface area contributed by atoms with Gasteiger partial charge in [-0.2, -0.15) is 0 Å². The predicted octanol–water partition coefficient (Wildman–Crippen LogP) is 1.85. The summed E-state index contributed by atoms with van der Waals surface area (Å²) in [6.45, 7) is 0. The number of nitrogens with two attached hydrogens (primary N) is 1. The summed E-state index contributed by atoms with van der Waals surface area (Å²) in [4.78, 5) is 0. The number of hydrogen-bond donors (Lipinski definition) is 1.